The van der Waals surface area contributed by atoms with Gasteiger partial charge < -0.3 is 4.90 Å². The van der Waals surface area contributed by atoms with Gasteiger partial charge in [-0.25, -0.2) is 9.97 Å². The molecule has 5 nitrogen and oxygen atoms in total. The van der Waals surface area contributed by atoms with E-state index in [-0.39, 0.29) is 0 Å². The summed E-state index contributed by atoms with van der Waals surface area (Å²) in [6.45, 7) is 6.90. The van der Waals surface area contributed by atoms with Crippen LogP contribution in [0.15, 0.2) is 48.8 Å². The van der Waals surface area contributed by atoms with Crippen molar-refractivity contribution >= 4 is 16.9 Å². The topological polar surface area (TPSA) is 45.2 Å². The van der Waals surface area contributed by atoms with E-state index in [0.29, 0.717) is 0 Å². The maximum absolute atomic E-state index is 4.56. The van der Waals surface area contributed by atoms with Gasteiger partial charge in [0.05, 0.1) is 5.52 Å². The Morgan fingerprint density at radius 3 is 2.58 bits per heavy atom. The van der Waals surface area contributed by atoms with Crippen molar-refractivity contribution in [3.8, 4) is 0 Å². The second-order valence-electron chi connectivity index (χ2n) is 6.25. The normalized spacial score (nSPS) is 15.8. The first-order valence-electron chi connectivity index (χ1n) is 8.39. The molecule has 0 radical (unpaired) electrons. The van der Waals surface area contributed by atoms with Crippen molar-refractivity contribution in [2.75, 3.05) is 31.1 Å². The molecular formula is C19H21N5. The Labute approximate surface area is 142 Å². The van der Waals surface area contributed by atoms with Gasteiger partial charge in [0.2, 0.25) is 5.95 Å². The summed E-state index contributed by atoms with van der Waals surface area (Å²) in [6, 6.07) is 12.5. The van der Waals surface area contributed by atoms with Gasteiger partial charge in [-0.05, 0) is 24.6 Å². The molecule has 0 atom stereocenters. The van der Waals surface area contributed by atoms with Crippen LogP contribution in [0.3, 0.4) is 0 Å². The molecule has 24 heavy (non-hydrogen) atoms. The number of anilines is 1. The summed E-state index contributed by atoms with van der Waals surface area (Å²) in [4.78, 5) is 18.2. The Kier molecular flexibility index (Phi) is 4.09. The number of para-hydroxylation sites is 1. The summed E-state index contributed by atoms with van der Waals surface area (Å²) < 4.78 is 0. The van der Waals surface area contributed by atoms with Crippen LogP contribution in [0.25, 0.3) is 10.9 Å². The molecule has 3 aromatic rings. The minimum atomic E-state index is 0.849. The van der Waals surface area contributed by atoms with E-state index in [2.05, 4.69) is 49.0 Å². The number of rotatable bonds is 3. The monoisotopic (exact) mass is 319 g/mol. The van der Waals surface area contributed by atoms with Gasteiger partial charge in [0.25, 0.3) is 0 Å². The lowest BCUT2D eigenvalue weighted by atomic mass is 10.1. The van der Waals surface area contributed by atoms with Gasteiger partial charge >= 0.3 is 0 Å². The zero-order valence-corrected chi connectivity index (χ0v) is 13.9. The highest BCUT2D eigenvalue weighted by Crippen LogP contribution is 2.19. The van der Waals surface area contributed by atoms with Crippen LogP contribution in [-0.4, -0.2) is 46.0 Å². The molecule has 0 N–H and O–H groups in total. The lowest BCUT2D eigenvalue weighted by molar-refractivity contribution is 0.249. The number of aryl methyl sites for hydroxylation is 1. The fraction of sp³-hybridized carbons (Fsp3) is 0.316. The molecular weight excluding hydrogens is 298 g/mol. The largest absolute Gasteiger partial charge is 0.338 e. The molecule has 0 saturated carbocycles. The van der Waals surface area contributed by atoms with Crippen molar-refractivity contribution in [2.24, 2.45) is 0 Å². The Bertz CT molecular complexity index is 835. The molecule has 1 aliphatic heterocycles. The summed E-state index contributed by atoms with van der Waals surface area (Å²) >= 11 is 0. The quantitative estimate of drug-likeness (QED) is 0.743. The standard InChI is InChI=1S/C19H21N5/c1-15-7-9-21-19(22-15)24-12-10-23(11-13-24)14-17-5-2-4-16-6-3-8-20-18(16)17/h2-9H,10-14H2,1H3. The predicted octanol–water partition coefficient (Wildman–Crippen LogP) is 2.66. The van der Waals surface area contributed by atoms with Crippen molar-refractivity contribution in [1.82, 2.24) is 19.9 Å². The minimum Gasteiger partial charge on any atom is -0.338 e. The van der Waals surface area contributed by atoms with Crippen LogP contribution in [0.1, 0.15) is 11.3 Å². The zero-order valence-electron chi connectivity index (χ0n) is 13.9. The smallest absolute Gasteiger partial charge is 0.225 e. The molecule has 0 amide bonds. The number of fused-ring (bicyclic) bond motifs is 1. The molecule has 0 unspecified atom stereocenters. The van der Waals surface area contributed by atoms with Crippen LogP contribution in [0.4, 0.5) is 5.95 Å². The third-order valence-corrected chi connectivity index (χ3v) is 4.55. The molecule has 0 spiro atoms. The van der Waals surface area contributed by atoms with Gasteiger partial charge in [0.1, 0.15) is 0 Å². The zero-order chi connectivity index (χ0) is 16.4. The van der Waals surface area contributed by atoms with E-state index in [9.17, 15) is 0 Å². The highest BCUT2D eigenvalue weighted by Gasteiger charge is 2.19. The summed E-state index contributed by atoms with van der Waals surface area (Å²) in [5, 5.41) is 1.21. The van der Waals surface area contributed by atoms with Crippen LogP contribution in [0.5, 0.6) is 0 Å². The van der Waals surface area contributed by atoms with E-state index in [1.807, 2.05) is 31.5 Å². The Morgan fingerprint density at radius 1 is 0.917 bits per heavy atom. The van der Waals surface area contributed by atoms with Crippen molar-refractivity contribution in [2.45, 2.75) is 13.5 Å². The molecule has 1 saturated heterocycles. The van der Waals surface area contributed by atoms with Crippen molar-refractivity contribution in [3.05, 3.63) is 60.0 Å². The molecule has 4 rings (SSSR count). The van der Waals surface area contributed by atoms with Crippen LogP contribution in [-0.2, 0) is 6.54 Å². The molecule has 122 valence electrons. The second-order valence-corrected chi connectivity index (χ2v) is 6.25. The first kappa shape index (κ1) is 15.0. The fourth-order valence-electron chi connectivity index (χ4n) is 3.23. The molecule has 1 fully saturated rings. The Morgan fingerprint density at radius 2 is 1.75 bits per heavy atom. The number of pyridine rings is 1. The minimum absolute atomic E-state index is 0.849. The first-order valence-corrected chi connectivity index (χ1v) is 8.39. The average Bonchev–Trinajstić information content (AvgIpc) is 2.63. The third-order valence-electron chi connectivity index (χ3n) is 4.55. The van der Waals surface area contributed by atoms with E-state index < -0.39 is 0 Å². The average molecular weight is 319 g/mol. The SMILES string of the molecule is Cc1ccnc(N2CCN(Cc3cccc4cccnc34)CC2)n1. The Balaban J connectivity index is 1.44. The summed E-state index contributed by atoms with van der Waals surface area (Å²) in [7, 11) is 0. The lowest BCUT2D eigenvalue weighted by Gasteiger charge is -2.34. The molecule has 3 heterocycles. The molecule has 5 heteroatoms. The second kappa shape index (κ2) is 6.53. The van der Waals surface area contributed by atoms with Crippen molar-refractivity contribution in [1.29, 1.82) is 0 Å². The van der Waals surface area contributed by atoms with Gasteiger partial charge in [-0.3, -0.25) is 9.88 Å². The van der Waals surface area contributed by atoms with Crippen molar-refractivity contribution in [3.63, 3.8) is 0 Å². The summed E-state index contributed by atoms with van der Waals surface area (Å²) in [5.41, 5.74) is 3.43. The molecule has 1 aromatic carbocycles. The summed E-state index contributed by atoms with van der Waals surface area (Å²) in [5.74, 6) is 0.849. The number of hydrogen-bond acceptors (Lipinski definition) is 5. The van der Waals surface area contributed by atoms with Crippen LogP contribution < -0.4 is 4.90 Å². The highest BCUT2D eigenvalue weighted by molar-refractivity contribution is 5.81. The van der Waals surface area contributed by atoms with Gasteiger partial charge in [-0.1, -0.05) is 24.3 Å². The van der Waals surface area contributed by atoms with E-state index in [1.165, 1.54) is 10.9 Å². The first-order chi connectivity index (χ1) is 11.8. The van der Waals surface area contributed by atoms with E-state index in [1.54, 1.807) is 0 Å². The maximum atomic E-state index is 4.56. The maximum Gasteiger partial charge on any atom is 0.225 e. The number of aromatic nitrogens is 3. The van der Waals surface area contributed by atoms with Gasteiger partial charge in [0, 0.05) is 56.2 Å². The number of hydrogen-bond donors (Lipinski definition) is 0. The molecule has 0 bridgehead atoms. The van der Waals surface area contributed by atoms with Crippen LogP contribution in [0, 0.1) is 6.92 Å². The van der Waals surface area contributed by atoms with E-state index in [0.717, 1.165) is 49.9 Å². The van der Waals surface area contributed by atoms with Gasteiger partial charge in [0.15, 0.2) is 0 Å². The van der Waals surface area contributed by atoms with E-state index in [4.69, 9.17) is 0 Å². The van der Waals surface area contributed by atoms with Crippen LogP contribution >= 0.6 is 0 Å². The number of benzene rings is 1. The fourth-order valence-corrected chi connectivity index (χ4v) is 3.23. The molecule has 2 aromatic heterocycles. The number of nitrogens with zero attached hydrogens (tertiary/aromatic N) is 5. The summed E-state index contributed by atoms with van der Waals surface area (Å²) in [6.07, 6.45) is 3.71. The molecule has 0 aliphatic carbocycles. The third kappa shape index (κ3) is 3.08. The van der Waals surface area contributed by atoms with E-state index >= 15 is 0 Å². The lowest BCUT2D eigenvalue weighted by Crippen LogP contribution is -2.46. The molecule has 1 aliphatic rings. The van der Waals surface area contributed by atoms with Gasteiger partial charge in [-0.15, -0.1) is 0 Å². The highest BCUT2D eigenvalue weighted by atomic mass is 15.3. The predicted molar refractivity (Wildman–Crippen MR) is 96.0 cm³/mol. The van der Waals surface area contributed by atoms with Crippen molar-refractivity contribution < 1.29 is 0 Å². The van der Waals surface area contributed by atoms with Crippen LogP contribution in [0.2, 0.25) is 0 Å². The van der Waals surface area contributed by atoms with Gasteiger partial charge in [-0.2, -0.15) is 0 Å². The Hall–Kier alpha value is -2.53. The number of piperazine rings is 1.